The van der Waals surface area contributed by atoms with Crippen molar-refractivity contribution in [1.29, 1.82) is 0 Å². The standard InChI is InChI=1S/C22H26N2O4/c1-4-28-20-11-16(20)10-19(25)17-9-18(21(26)23-3)22(27)24(13-17)12-15-7-5-6-14(2)8-15/h5-9,13,16,20H,4,10-12H2,1-3H3,(H,23,26)/t16-,20+/m1/s1. The molecule has 28 heavy (non-hydrogen) atoms. The maximum absolute atomic E-state index is 12.8. The van der Waals surface area contributed by atoms with Crippen LogP contribution in [0.4, 0.5) is 0 Å². The van der Waals surface area contributed by atoms with Crippen LogP contribution >= 0.6 is 0 Å². The fourth-order valence-electron chi connectivity index (χ4n) is 3.42. The first-order valence-electron chi connectivity index (χ1n) is 9.59. The number of ketones is 1. The predicted octanol–water partition coefficient (Wildman–Crippen LogP) is 2.56. The molecular formula is C22H26N2O4. The summed E-state index contributed by atoms with van der Waals surface area (Å²) < 4.78 is 6.99. The Hall–Kier alpha value is -2.73. The lowest BCUT2D eigenvalue weighted by Crippen LogP contribution is -2.32. The Labute approximate surface area is 164 Å². The average molecular weight is 382 g/mol. The van der Waals surface area contributed by atoms with Crippen LogP contribution in [0.1, 0.15) is 51.6 Å². The second-order valence-corrected chi connectivity index (χ2v) is 7.26. The van der Waals surface area contributed by atoms with E-state index in [0.29, 0.717) is 25.1 Å². The summed E-state index contributed by atoms with van der Waals surface area (Å²) in [6, 6.07) is 9.22. The highest BCUT2D eigenvalue weighted by Gasteiger charge is 2.39. The predicted molar refractivity (Wildman–Crippen MR) is 107 cm³/mol. The largest absolute Gasteiger partial charge is 0.378 e. The van der Waals surface area contributed by atoms with Crippen LogP contribution in [0.5, 0.6) is 0 Å². The number of hydrogen-bond donors (Lipinski definition) is 1. The van der Waals surface area contributed by atoms with Gasteiger partial charge in [-0.15, -0.1) is 0 Å². The highest BCUT2D eigenvalue weighted by Crippen LogP contribution is 2.37. The number of ether oxygens (including phenoxy) is 1. The molecule has 1 aromatic heterocycles. The van der Waals surface area contributed by atoms with Gasteiger partial charge in [0.1, 0.15) is 5.56 Å². The van der Waals surface area contributed by atoms with Gasteiger partial charge in [0.2, 0.25) is 0 Å². The number of aromatic nitrogens is 1. The van der Waals surface area contributed by atoms with Crippen molar-refractivity contribution >= 4 is 11.7 Å². The van der Waals surface area contributed by atoms with E-state index in [4.69, 9.17) is 4.74 Å². The summed E-state index contributed by atoms with van der Waals surface area (Å²) in [4.78, 5) is 37.7. The molecule has 3 rings (SSSR count). The number of nitrogens with one attached hydrogen (secondary N) is 1. The van der Waals surface area contributed by atoms with Crippen LogP contribution in [0.2, 0.25) is 0 Å². The molecule has 1 saturated carbocycles. The van der Waals surface area contributed by atoms with Crippen LogP contribution in [-0.2, 0) is 11.3 Å². The van der Waals surface area contributed by atoms with Crippen molar-refractivity contribution in [2.45, 2.75) is 39.3 Å². The van der Waals surface area contributed by atoms with Crippen molar-refractivity contribution in [2.75, 3.05) is 13.7 Å². The molecule has 0 aliphatic heterocycles. The second-order valence-electron chi connectivity index (χ2n) is 7.26. The Kier molecular flexibility index (Phi) is 6.09. The number of hydrogen-bond acceptors (Lipinski definition) is 4. The Bertz CT molecular complexity index is 948. The number of nitrogens with zero attached hydrogens (tertiary/aromatic N) is 1. The number of carbonyl (C=O) groups is 2. The van der Waals surface area contributed by atoms with E-state index in [2.05, 4.69) is 5.32 Å². The zero-order valence-corrected chi connectivity index (χ0v) is 16.5. The summed E-state index contributed by atoms with van der Waals surface area (Å²) in [5.41, 5.74) is 1.98. The van der Waals surface area contributed by atoms with E-state index in [1.807, 2.05) is 38.1 Å². The normalized spacial score (nSPS) is 18.0. The van der Waals surface area contributed by atoms with Gasteiger partial charge in [-0.2, -0.15) is 0 Å². The summed E-state index contributed by atoms with van der Waals surface area (Å²) >= 11 is 0. The molecule has 0 saturated heterocycles. The first kappa shape index (κ1) is 20.0. The van der Waals surface area contributed by atoms with Gasteiger partial charge in [-0.05, 0) is 37.8 Å². The minimum atomic E-state index is -0.490. The minimum Gasteiger partial charge on any atom is -0.378 e. The third-order valence-electron chi connectivity index (χ3n) is 5.00. The van der Waals surface area contributed by atoms with Crippen molar-refractivity contribution in [3.63, 3.8) is 0 Å². The van der Waals surface area contributed by atoms with E-state index in [0.717, 1.165) is 17.5 Å². The molecule has 0 unspecified atom stereocenters. The molecule has 2 atom stereocenters. The van der Waals surface area contributed by atoms with Crippen LogP contribution in [0.3, 0.4) is 0 Å². The molecule has 148 valence electrons. The maximum atomic E-state index is 12.8. The highest BCUT2D eigenvalue weighted by atomic mass is 16.5. The molecule has 6 nitrogen and oxygen atoms in total. The van der Waals surface area contributed by atoms with Crippen LogP contribution in [0.15, 0.2) is 41.3 Å². The van der Waals surface area contributed by atoms with Crippen molar-refractivity contribution in [2.24, 2.45) is 5.92 Å². The lowest BCUT2D eigenvalue weighted by Gasteiger charge is -2.12. The highest BCUT2D eigenvalue weighted by molar-refractivity contribution is 6.00. The molecule has 2 aromatic rings. The van der Waals surface area contributed by atoms with Gasteiger partial charge in [-0.3, -0.25) is 14.4 Å². The molecule has 1 aliphatic carbocycles. The van der Waals surface area contributed by atoms with Gasteiger partial charge >= 0.3 is 0 Å². The lowest BCUT2D eigenvalue weighted by atomic mass is 10.0. The molecule has 1 aliphatic rings. The maximum Gasteiger partial charge on any atom is 0.263 e. The smallest absolute Gasteiger partial charge is 0.263 e. The van der Waals surface area contributed by atoms with Crippen molar-refractivity contribution in [1.82, 2.24) is 9.88 Å². The van der Waals surface area contributed by atoms with E-state index in [9.17, 15) is 14.4 Å². The molecule has 1 amide bonds. The van der Waals surface area contributed by atoms with Crippen molar-refractivity contribution < 1.29 is 14.3 Å². The number of benzene rings is 1. The quantitative estimate of drug-likeness (QED) is 0.712. The van der Waals surface area contributed by atoms with Gasteiger partial charge in [0.25, 0.3) is 11.5 Å². The van der Waals surface area contributed by atoms with Crippen LogP contribution in [-0.4, -0.2) is 36.0 Å². The summed E-state index contributed by atoms with van der Waals surface area (Å²) in [5, 5.41) is 2.48. The van der Waals surface area contributed by atoms with E-state index >= 15 is 0 Å². The molecule has 0 radical (unpaired) electrons. The summed E-state index contributed by atoms with van der Waals surface area (Å²) in [7, 11) is 1.47. The Balaban J connectivity index is 1.90. The fourth-order valence-corrected chi connectivity index (χ4v) is 3.42. The third kappa shape index (κ3) is 4.57. The molecule has 6 heteroatoms. The first-order valence-corrected chi connectivity index (χ1v) is 9.59. The molecule has 1 heterocycles. The first-order chi connectivity index (χ1) is 13.4. The van der Waals surface area contributed by atoms with Crippen LogP contribution < -0.4 is 10.9 Å². The van der Waals surface area contributed by atoms with E-state index in [1.54, 1.807) is 6.20 Å². The Morgan fingerprint density at radius 3 is 2.75 bits per heavy atom. The summed E-state index contributed by atoms with van der Waals surface area (Å²) in [6.07, 6.45) is 2.95. The fraction of sp³-hybridized carbons (Fsp3) is 0.409. The number of Topliss-reactive ketones (excluding diaryl/α,β-unsaturated/α-hetero) is 1. The van der Waals surface area contributed by atoms with Gasteiger partial charge in [0.15, 0.2) is 5.78 Å². The summed E-state index contributed by atoms with van der Waals surface area (Å²) in [5.74, 6) is -0.348. The number of rotatable bonds is 8. The van der Waals surface area contributed by atoms with E-state index in [-0.39, 0.29) is 23.4 Å². The Morgan fingerprint density at radius 1 is 1.29 bits per heavy atom. The van der Waals surface area contributed by atoms with E-state index in [1.165, 1.54) is 17.7 Å². The Morgan fingerprint density at radius 2 is 2.07 bits per heavy atom. The SMILES string of the molecule is CCO[C@H]1C[C@H]1CC(=O)c1cc(C(=O)NC)c(=O)n(Cc2cccc(C)c2)c1. The molecule has 1 N–H and O–H groups in total. The van der Waals surface area contributed by atoms with Gasteiger partial charge in [0.05, 0.1) is 12.6 Å². The molecule has 1 fully saturated rings. The van der Waals surface area contributed by atoms with Crippen LogP contribution in [0.25, 0.3) is 0 Å². The van der Waals surface area contributed by atoms with Gasteiger partial charge in [-0.1, -0.05) is 29.8 Å². The second kappa shape index (κ2) is 8.52. The van der Waals surface area contributed by atoms with Crippen molar-refractivity contribution in [3.8, 4) is 0 Å². The minimum absolute atomic E-state index is 0.0156. The summed E-state index contributed by atoms with van der Waals surface area (Å²) in [6.45, 7) is 4.86. The number of amides is 1. The number of carbonyl (C=O) groups excluding carboxylic acids is 2. The lowest BCUT2D eigenvalue weighted by molar-refractivity contribution is 0.0931. The third-order valence-corrected chi connectivity index (χ3v) is 5.00. The number of pyridine rings is 1. The molecule has 0 bridgehead atoms. The van der Waals surface area contributed by atoms with Gasteiger partial charge in [-0.25, -0.2) is 0 Å². The average Bonchev–Trinajstić information content (AvgIpc) is 3.40. The van der Waals surface area contributed by atoms with Crippen LogP contribution in [0, 0.1) is 12.8 Å². The zero-order chi connectivity index (χ0) is 20.3. The topological polar surface area (TPSA) is 77.4 Å². The van der Waals surface area contributed by atoms with Gasteiger partial charge in [0, 0.05) is 31.8 Å². The number of aryl methyl sites for hydroxylation is 1. The van der Waals surface area contributed by atoms with E-state index < -0.39 is 11.5 Å². The van der Waals surface area contributed by atoms with Gasteiger partial charge < -0.3 is 14.6 Å². The van der Waals surface area contributed by atoms with Crippen molar-refractivity contribution in [3.05, 3.63) is 69.1 Å². The molecular weight excluding hydrogens is 356 g/mol. The molecule has 1 aromatic carbocycles. The molecule has 0 spiro atoms. The zero-order valence-electron chi connectivity index (χ0n) is 16.5. The monoisotopic (exact) mass is 382 g/mol.